The number of hydrogen-bond donors (Lipinski definition) is 0. The number of methoxy groups -OCH3 is 2. The normalized spacial score (nSPS) is 8.48. The van der Waals surface area contributed by atoms with Gasteiger partial charge in [0.05, 0.1) is 38.3 Å². The summed E-state index contributed by atoms with van der Waals surface area (Å²) in [5.41, 5.74) is 1.08. The molecule has 0 spiro atoms. The Hall–Kier alpha value is -0.815. The van der Waals surface area contributed by atoms with Crippen molar-refractivity contribution in [3.05, 3.63) is 59.7 Å². The van der Waals surface area contributed by atoms with Crippen molar-refractivity contribution in [2.75, 3.05) is 14.2 Å². The van der Waals surface area contributed by atoms with Crippen LogP contribution >= 0.6 is 0 Å². The van der Waals surface area contributed by atoms with Crippen molar-refractivity contribution in [1.82, 2.24) is 0 Å². The van der Waals surface area contributed by atoms with Crippen LogP contribution in [0.5, 0.6) is 11.5 Å². The smallest absolute Gasteiger partial charge is 0.499 e. The molecular formula is C16H14O4Rb-. The van der Waals surface area contributed by atoms with Gasteiger partial charge in [-0.05, 0) is 0 Å². The van der Waals surface area contributed by atoms with Crippen molar-refractivity contribution in [1.29, 1.82) is 0 Å². The fourth-order valence-corrected chi connectivity index (χ4v) is 1.32. The summed E-state index contributed by atoms with van der Waals surface area (Å²) >= 11 is 0. The summed E-state index contributed by atoms with van der Waals surface area (Å²) in [6, 6.07) is 13.5. The Bertz CT molecular complexity index is 484. The molecule has 0 aromatic heterocycles. The predicted octanol–water partition coefficient (Wildman–Crippen LogP) is -0.690. The largest absolute Gasteiger partial charge is 1.00 e. The topological polar surface area (TPSA) is 52.6 Å². The van der Waals surface area contributed by atoms with Crippen molar-refractivity contribution >= 4 is 12.6 Å². The molecule has 2 rings (SSSR count). The van der Waals surface area contributed by atoms with E-state index in [1.54, 1.807) is 75.3 Å². The molecule has 0 aliphatic carbocycles. The van der Waals surface area contributed by atoms with Gasteiger partial charge >= 0.3 is 58.2 Å². The number of carbonyl (C=O) groups excluding carboxylic acids is 2. The summed E-state index contributed by atoms with van der Waals surface area (Å²) in [5, 5.41) is 0. The van der Waals surface area contributed by atoms with Gasteiger partial charge in [0.1, 0.15) is 0 Å². The van der Waals surface area contributed by atoms with Crippen molar-refractivity contribution < 1.29 is 77.3 Å². The van der Waals surface area contributed by atoms with Crippen LogP contribution in [0.3, 0.4) is 0 Å². The molecule has 0 radical (unpaired) electrons. The standard InChI is InChI=1S/2C8H7O2.Rb/c2*1-10-8-4-2-7(6-9)3-5-8;/h2*2-5H,1H3;/q2*-1;+1. The van der Waals surface area contributed by atoms with Crippen molar-refractivity contribution in [3.63, 3.8) is 0 Å². The van der Waals surface area contributed by atoms with E-state index in [2.05, 4.69) is 0 Å². The molecule has 0 N–H and O–H groups in total. The minimum absolute atomic E-state index is 0. The third kappa shape index (κ3) is 7.67. The molecule has 21 heavy (non-hydrogen) atoms. The fraction of sp³-hybridized carbons (Fsp3) is 0.125. The van der Waals surface area contributed by atoms with Crippen LogP contribution in [-0.4, -0.2) is 26.8 Å². The maximum absolute atomic E-state index is 10.0. The molecule has 2 aromatic rings. The van der Waals surface area contributed by atoms with E-state index in [1.807, 2.05) is 0 Å². The van der Waals surface area contributed by atoms with Crippen molar-refractivity contribution in [2.45, 2.75) is 0 Å². The molecule has 0 amide bonds. The van der Waals surface area contributed by atoms with Gasteiger partial charge in [-0.15, -0.1) is 0 Å². The Kier molecular flexibility index (Phi) is 11.3. The monoisotopic (exact) mass is 355 g/mol. The molecule has 5 heteroatoms. The Morgan fingerprint density at radius 3 is 1.14 bits per heavy atom. The van der Waals surface area contributed by atoms with Gasteiger partial charge in [-0.3, -0.25) is 0 Å². The summed E-state index contributed by atoms with van der Waals surface area (Å²) in [6.45, 7) is 0. The first-order valence-electron chi connectivity index (χ1n) is 5.78. The Labute approximate surface area is 173 Å². The quantitative estimate of drug-likeness (QED) is 0.681. The zero-order chi connectivity index (χ0) is 14.8. The van der Waals surface area contributed by atoms with Crippen LogP contribution in [0.1, 0.15) is 11.1 Å². The van der Waals surface area contributed by atoms with E-state index in [0.717, 1.165) is 11.5 Å². The maximum Gasteiger partial charge on any atom is 1.00 e. The van der Waals surface area contributed by atoms with Crippen molar-refractivity contribution in [2.24, 2.45) is 0 Å². The third-order valence-electron chi connectivity index (χ3n) is 2.42. The second-order valence-corrected chi connectivity index (χ2v) is 3.66. The molecule has 0 fully saturated rings. The van der Waals surface area contributed by atoms with E-state index < -0.39 is 0 Å². The van der Waals surface area contributed by atoms with E-state index in [1.165, 1.54) is 0 Å². The van der Waals surface area contributed by atoms with Crippen LogP contribution in [-0.2, 0) is 9.59 Å². The van der Waals surface area contributed by atoms with E-state index in [-0.39, 0.29) is 58.2 Å². The molecule has 0 atom stereocenters. The van der Waals surface area contributed by atoms with Crippen LogP contribution in [0.15, 0.2) is 48.5 Å². The number of benzene rings is 2. The van der Waals surface area contributed by atoms with E-state index in [4.69, 9.17) is 9.47 Å². The van der Waals surface area contributed by atoms with E-state index in [0.29, 0.717) is 11.1 Å². The average Bonchev–Trinajstić information content (AvgIpc) is 2.55. The van der Waals surface area contributed by atoms with Crippen LogP contribution in [0, 0.1) is 0 Å². The Balaban J connectivity index is 0.000000364. The maximum atomic E-state index is 10.0. The zero-order valence-corrected chi connectivity index (χ0v) is 17.2. The van der Waals surface area contributed by atoms with Gasteiger partial charge in [0.15, 0.2) is 0 Å². The van der Waals surface area contributed by atoms with E-state index in [9.17, 15) is 9.59 Å². The molecule has 0 bridgehead atoms. The van der Waals surface area contributed by atoms with Crippen LogP contribution in [0.2, 0.25) is 0 Å². The molecule has 0 saturated carbocycles. The Morgan fingerprint density at radius 2 is 0.952 bits per heavy atom. The molecule has 2 aromatic carbocycles. The first kappa shape index (κ1) is 20.2. The zero-order valence-electron chi connectivity index (χ0n) is 12.3. The van der Waals surface area contributed by atoms with Crippen molar-refractivity contribution in [3.8, 4) is 11.5 Å². The number of ether oxygens (including phenoxy) is 2. The fourth-order valence-electron chi connectivity index (χ4n) is 1.32. The summed E-state index contributed by atoms with van der Waals surface area (Å²) in [6.07, 6.45) is 3.55. The van der Waals surface area contributed by atoms with E-state index >= 15 is 0 Å². The minimum atomic E-state index is 0. The predicted molar refractivity (Wildman–Crippen MR) is 75.6 cm³/mol. The first-order valence-corrected chi connectivity index (χ1v) is 5.78. The summed E-state index contributed by atoms with van der Waals surface area (Å²) in [5.74, 6) is 1.50. The van der Waals surface area contributed by atoms with Gasteiger partial charge in [0, 0.05) is 0 Å². The molecular weight excluding hydrogens is 342 g/mol. The second-order valence-electron chi connectivity index (χ2n) is 3.66. The molecule has 4 nitrogen and oxygen atoms in total. The van der Waals surface area contributed by atoms with Gasteiger partial charge in [0.2, 0.25) is 0 Å². The summed E-state index contributed by atoms with van der Waals surface area (Å²) in [4.78, 5) is 20.1. The molecule has 0 unspecified atom stereocenters. The molecule has 0 saturated heterocycles. The average molecular weight is 356 g/mol. The third-order valence-corrected chi connectivity index (χ3v) is 2.42. The van der Waals surface area contributed by atoms with Gasteiger partial charge < -0.3 is 19.1 Å². The van der Waals surface area contributed by atoms with Gasteiger partial charge in [-0.2, -0.15) is 35.4 Å². The minimum Gasteiger partial charge on any atom is -0.499 e. The van der Waals surface area contributed by atoms with Crippen LogP contribution < -0.4 is 67.7 Å². The molecule has 0 heterocycles. The molecule has 0 aliphatic heterocycles. The number of rotatable bonds is 4. The van der Waals surface area contributed by atoms with Gasteiger partial charge in [0.25, 0.3) is 0 Å². The summed E-state index contributed by atoms with van der Waals surface area (Å²) in [7, 11) is 3.17. The SMILES string of the molecule is COc1ccc([C-]=O)cc1.COc1ccc([C-]=O)cc1.[Rb+]. The molecule has 0 aliphatic rings. The summed E-state index contributed by atoms with van der Waals surface area (Å²) < 4.78 is 9.77. The second kappa shape index (κ2) is 11.8. The molecule has 104 valence electrons. The Morgan fingerprint density at radius 1 is 0.667 bits per heavy atom. The van der Waals surface area contributed by atoms with Gasteiger partial charge in [-0.1, -0.05) is 24.3 Å². The van der Waals surface area contributed by atoms with Gasteiger partial charge in [-0.25, -0.2) is 0 Å². The number of hydrogen-bond acceptors (Lipinski definition) is 4. The van der Waals surface area contributed by atoms with Crippen LogP contribution in [0.4, 0.5) is 0 Å². The first-order chi connectivity index (χ1) is 9.73. The van der Waals surface area contributed by atoms with Crippen LogP contribution in [0.25, 0.3) is 0 Å².